The minimum Gasteiger partial charge on any atom is -0.493 e. The van der Waals surface area contributed by atoms with Crippen molar-refractivity contribution in [2.45, 2.75) is 26.5 Å². The first-order valence-electron chi connectivity index (χ1n) is 5.15. The van der Waals surface area contributed by atoms with Gasteiger partial charge in [0.2, 0.25) is 6.08 Å². The summed E-state index contributed by atoms with van der Waals surface area (Å²) in [7, 11) is 1.57. The summed E-state index contributed by atoms with van der Waals surface area (Å²) < 4.78 is 11.7. The average molecular weight is 300 g/mol. The molecule has 0 fully saturated rings. The van der Waals surface area contributed by atoms with E-state index in [-0.39, 0.29) is 12.6 Å². The molecule has 0 aromatic heterocycles. The van der Waals surface area contributed by atoms with E-state index in [2.05, 4.69) is 20.9 Å². The molecule has 5 heteroatoms. The van der Waals surface area contributed by atoms with E-state index in [0.29, 0.717) is 11.5 Å². The van der Waals surface area contributed by atoms with E-state index in [4.69, 9.17) is 9.47 Å². The fourth-order valence-electron chi connectivity index (χ4n) is 1.32. The molecule has 0 spiro atoms. The Bertz CT molecular complexity index is 440. The van der Waals surface area contributed by atoms with Crippen LogP contribution in [-0.2, 0) is 11.3 Å². The molecule has 0 atom stereocenters. The Morgan fingerprint density at radius 1 is 1.41 bits per heavy atom. The third-order valence-electron chi connectivity index (χ3n) is 2.01. The molecule has 0 saturated heterocycles. The highest BCUT2D eigenvalue weighted by Gasteiger charge is 2.11. The lowest BCUT2D eigenvalue weighted by atomic mass is 10.2. The lowest BCUT2D eigenvalue weighted by Gasteiger charge is -2.15. The van der Waals surface area contributed by atoms with Crippen LogP contribution in [-0.4, -0.2) is 19.3 Å². The number of methoxy groups -OCH3 is 1. The summed E-state index contributed by atoms with van der Waals surface area (Å²) in [5.74, 6) is 1.28. The Kier molecular flexibility index (Phi) is 5.19. The molecular formula is C12H14BrNO3. The highest BCUT2D eigenvalue weighted by atomic mass is 79.9. The van der Waals surface area contributed by atoms with E-state index in [1.165, 1.54) is 6.08 Å². The van der Waals surface area contributed by atoms with E-state index in [1.54, 1.807) is 13.2 Å². The molecule has 1 aromatic carbocycles. The van der Waals surface area contributed by atoms with E-state index in [9.17, 15) is 4.79 Å². The fraction of sp³-hybridized carbons (Fsp3) is 0.417. The first-order valence-corrected chi connectivity index (χ1v) is 5.94. The van der Waals surface area contributed by atoms with E-state index in [0.717, 1.165) is 10.0 Å². The Balaban J connectivity index is 3.09. The van der Waals surface area contributed by atoms with Gasteiger partial charge in [0, 0.05) is 4.47 Å². The topological polar surface area (TPSA) is 47.9 Å². The third-order valence-corrected chi connectivity index (χ3v) is 2.75. The summed E-state index contributed by atoms with van der Waals surface area (Å²) in [6, 6.07) is 3.61. The summed E-state index contributed by atoms with van der Waals surface area (Å²) in [6.45, 7) is 4.15. The standard InChI is InChI=1S/C12H14BrNO3/c1-8(2)17-12-5-10(13)9(6-14-7-15)4-11(12)16-3/h4-5,8H,6H2,1-3H3. The number of hydrogen-bond acceptors (Lipinski definition) is 4. The maximum atomic E-state index is 10.1. The molecule has 0 radical (unpaired) electrons. The van der Waals surface area contributed by atoms with Crippen LogP contribution in [0.1, 0.15) is 19.4 Å². The molecule has 0 aliphatic heterocycles. The van der Waals surface area contributed by atoms with Gasteiger partial charge < -0.3 is 9.47 Å². The van der Waals surface area contributed by atoms with Crippen molar-refractivity contribution >= 4 is 22.0 Å². The number of aliphatic imine (C=N–C) groups is 1. The zero-order valence-electron chi connectivity index (χ0n) is 9.99. The van der Waals surface area contributed by atoms with Crippen LogP contribution in [0.15, 0.2) is 21.6 Å². The Hall–Kier alpha value is -1.32. The second kappa shape index (κ2) is 6.42. The highest BCUT2D eigenvalue weighted by molar-refractivity contribution is 9.10. The molecule has 0 unspecified atom stereocenters. The molecule has 1 aromatic rings. The van der Waals surface area contributed by atoms with Crippen LogP contribution in [0.3, 0.4) is 0 Å². The summed E-state index contributed by atoms with van der Waals surface area (Å²) in [5, 5.41) is 0. The number of hydrogen-bond donors (Lipinski definition) is 0. The number of isocyanates is 1. The van der Waals surface area contributed by atoms with Crippen LogP contribution < -0.4 is 9.47 Å². The van der Waals surface area contributed by atoms with Gasteiger partial charge in [0.15, 0.2) is 11.5 Å². The van der Waals surface area contributed by atoms with E-state index >= 15 is 0 Å². The Labute approximate surface area is 109 Å². The molecule has 0 N–H and O–H groups in total. The second-order valence-electron chi connectivity index (χ2n) is 3.67. The fourth-order valence-corrected chi connectivity index (χ4v) is 1.77. The molecule has 17 heavy (non-hydrogen) atoms. The number of benzene rings is 1. The van der Waals surface area contributed by atoms with Crippen molar-refractivity contribution in [3.8, 4) is 11.5 Å². The van der Waals surface area contributed by atoms with Crippen molar-refractivity contribution in [2.24, 2.45) is 4.99 Å². The summed E-state index contributed by atoms with van der Waals surface area (Å²) in [5.41, 5.74) is 0.848. The van der Waals surface area contributed by atoms with Crippen molar-refractivity contribution in [1.82, 2.24) is 0 Å². The van der Waals surface area contributed by atoms with Gasteiger partial charge in [-0.2, -0.15) is 0 Å². The van der Waals surface area contributed by atoms with Gasteiger partial charge in [-0.1, -0.05) is 15.9 Å². The predicted octanol–water partition coefficient (Wildman–Crippen LogP) is 3.08. The van der Waals surface area contributed by atoms with Gasteiger partial charge in [0.25, 0.3) is 0 Å². The zero-order chi connectivity index (χ0) is 12.8. The number of ether oxygens (including phenoxy) is 2. The monoisotopic (exact) mass is 299 g/mol. The minimum atomic E-state index is 0.0645. The number of halogens is 1. The van der Waals surface area contributed by atoms with E-state index in [1.807, 2.05) is 19.9 Å². The van der Waals surface area contributed by atoms with E-state index < -0.39 is 0 Å². The van der Waals surface area contributed by atoms with Crippen molar-refractivity contribution < 1.29 is 14.3 Å². The Morgan fingerprint density at radius 3 is 2.65 bits per heavy atom. The van der Waals surface area contributed by atoms with Gasteiger partial charge >= 0.3 is 0 Å². The number of nitrogens with zero attached hydrogens (tertiary/aromatic N) is 1. The van der Waals surface area contributed by atoms with Crippen LogP contribution in [0.25, 0.3) is 0 Å². The molecule has 0 bridgehead atoms. The Morgan fingerprint density at radius 2 is 2.12 bits per heavy atom. The van der Waals surface area contributed by atoms with Crippen LogP contribution in [0, 0.1) is 0 Å². The van der Waals surface area contributed by atoms with Gasteiger partial charge in [0.05, 0.1) is 19.8 Å². The molecule has 92 valence electrons. The molecule has 0 aliphatic rings. The van der Waals surface area contributed by atoms with Crippen LogP contribution in [0.4, 0.5) is 0 Å². The van der Waals surface area contributed by atoms with Gasteiger partial charge in [-0.25, -0.2) is 9.79 Å². The van der Waals surface area contributed by atoms with Gasteiger partial charge in [-0.15, -0.1) is 0 Å². The van der Waals surface area contributed by atoms with Crippen molar-refractivity contribution in [2.75, 3.05) is 7.11 Å². The molecule has 0 aliphatic carbocycles. The first kappa shape index (κ1) is 13.7. The quantitative estimate of drug-likeness (QED) is 0.620. The average Bonchev–Trinajstić information content (AvgIpc) is 2.27. The summed E-state index contributed by atoms with van der Waals surface area (Å²) >= 11 is 3.41. The zero-order valence-corrected chi connectivity index (χ0v) is 11.6. The molecule has 0 heterocycles. The third kappa shape index (κ3) is 3.88. The molecular weight excluding hydrogens is 286 g/mol. The number of rotatable bonds is 5. The van der Waals surface area contributed by atoms with Crippen molar-refractivity contribution in [1.29, 1.82) is 0 Å². The summed E-state index contributed by atoms with van der Waals surface area (Å²) in [6.07, 6.45) is 1.57. The SMILES string of the molecule is COc1cc(CN=C=O)c(Br)cc1OC(C)C. The molecule has 1 rings (SSSR count). The maximum Gasteiger partial charge on any atom is 0.235 e. The van der Waals surface area contributed by atoms with Gasteiger partial charge in [-0.05, 0) is 31.5 Å². The number of carbonyl (C=O) groups excluding carboxylic acids is 1. The summed E-state index contributed by atoms with van der Waals surface area (Å²) in [4.78, 5) is 13.6. The van der Waals surface area contributed by atoms with Crippen LogP contribution in [0.5, 0.6) is 11.5 Å². The first-order chi connectivity index (χ1) is 8.08. The van der Waals surface area contributed by atoms with Gasteiger partial charge in [-0.3, -0.25) is 0 Å². The molecule has 0 amide bonds. The second-order valence-corrected chi connectivity index (χ2v) is 4.52. The highest BCUT2D eigenvalue weighted by Crippen LogP contribution is 2.34. The van der Waals surface area contributed by atoms with Crippen LogP contribution >= 0.6 is 15.9 Å². The smallest absolute Gasteiger partial charge is 0.235 e. The van der Waals surface area contributed by atoms with Crippen molar-refractivity contribution in [3.05, 3.63) is 22.2 Å². The van der Waals surface area contributed by atoms with Crippen molar-refractivity contribution in [3.63, 3.8) is 0 Å². The van der Waals surface area contributed by atoms with Gasteiger partial charge in [0.1, 0.15) is 0 Å². The largest absolute Gasteiger partial charge is 0.493 e. The predicted molar refractivity (Wildman–Crippen MR) is 68.3 cm³/mol. The van der Waals surface area contributed by atoms with Crippen LogP contribution in [0.2, 0.25) is 0 Å². The lowest BCUT2D eigenvalue weighted by molar-refractivity contribution is 0.230. The normalized spacial score (nSPS) is 9.94. The minimum absolute atomic E-state index is 0.0645. The lowest BCUT2D eigenvalue weighted by Crippen LogP contribution is -2.07. The maximum absolute atomic E-state index is 10.1. The molecule has 0 saturated carbocycles. The molecule has 4 nitrogen and oxygen atoms in total.